The molecule has 4 aromatic rings. The molecule has 4 rings (SSSR count). The number of anilines is 2. The van der Waals surface area contributed by atoms with Crippen molar-refractivity contribution >= 4 is 29.2 Å². The number of nitrogens with zero attached hydrogens (tertiary/aromatic N) is 5. The van der Waals surface area contributed by atoms with Gasteiger partial charge in [-0.3, -0.25) is 4.79 Å². The lowest BCUT2D eigenvalue weighted by Gasteiger charge is -2.07. The predicted molar refractivity (Wildman–Crippen MR) is 115 cm³/mol. The summed E-state index contributed by atoms with van der Waals surface area (Å²) in [4.78, 5) is 17.8. The van der Waals surface area contributed by atoms with Crippen LogP contribution in [0.1, 0.15) is 5.56 Å². The third-order valence-electron chi connectivity index (χ3n) is 4.36. The van der Waals surface area contributed by atoms with Gasteiger partial charge < -0.3 is 15.6 Å². The molecule has 0 aliphatic heterocycles. The van der Waals surface area contributed by atoms with Gasteiger partial charge in [-0.15, -0.1) is 16.9 Å². The van der Waals surface area contributed by atoms with E-state index < -0.39 is 0 Å². The molecule has 9 nitrogen and oxygen atoms in total. The maximum Gasteiger partial charge on any atom is 0.282 e. The molecule has 30 heavy (non-hydrogen) atoms. The molecule has 1 amide bonds. The van der Waals surface area contributed by atoms with Crippen molar-refractivity contribution in [2.45, 2.75) is 18.4 Å². The van der Waals surface area contributed by atoms with Crippen LogP contribution in [0.5, 0.6) is 0 Å². The summed E-state index contributed by atoms with van der Waals surface area (Å²) in [6.07, 6.45) is 1.97. The summed E-state index contributed by atoms with van der Waals surface area (Å²) in [6.45, 7) is 1.90. The minimum atomic E-state index is -0.276. The number of nitrogens with two attached hydrogens (primary N) is 1. The third kappa shape index (κ3) is 4.18. The SMILES string of the molecule is CSc1cccc(NC(=O)Cn2nnc(-c3nc(-c4ccc(C)cc4)no3)c2N)c1. The van der Waals surface area contributed by atoms with Crippen LogP contribution in [-0.4, -0.2) is 37.3 Å². The van der Waals surface area contributed by atoms with Crippen molar-refractivity contribution in [3.63, 3.8) is 0 Å². The number of amides is 1. The lowest BCUT2D eigenvalue weighted by atomic mass is 10.1. The van der Waals surface area contributed by atoms with Gasteiger partial charge in [0.25, 0.3) is 5.89 Å². The quantitative estimate of drug-likeness (QED) is 0.455. The standard InChI is InChI=1S/C20H19N7O2S/c1-12-6-8-13(9-7-12)19-23-20(29-25-19)17-18(21)27(26-24-17)11-16(28)22-14-4-3-5-15(10-14)30-2/h3-10H,11,21H2,1-2H3,(H,22,28). The van der Waals surface area contributed by atoms with Gasteiger partial charge in [0, 0.05) is 16.1 Å². The van der Waals surface area contributed by atoms with E-state index in [9.17, 15) is 4.79 Å². The molecule has 0 aliphatic carbocycles. The van der Waals surface area contributed by atoms with Crippen LogP contribution >= 0.6 is 11.8 Å². The topological polar surface area (TPSA) is 125 Å². The fraction of sp³-hybridized carbons (Fsp3) is 0.150. The van der Waals surface area contributed by atoms with E-state index in [4.69, 9.17) is 10.3 Å². The van der Waals surface area contributed by atoms with E-state index in [1.807, 2.05) is 61.7 Å². The molecule has 0 unspecified atom stereocenters. The molecule has 0 bridgehead atoms. The van der Waals surface area contributed by atoms with Gasteiger partial charge in [0.2, 0.25) is 11.7 Å². The highest BCUT2D eigenvalue weighted by atomic mass is 32.2. The molecule has 2 aromatic carbocycles. The van der Waals surface area contributed by atoms with Crippen LogP contribution in [0.2, 0.25) is 0 Å². The minimum absolute atomic E-state index is 0.0959. The number of hydrogen-bond donors (Lipinski definition) is 2. The van der Waals surface area contributed by atoms with Crippen molar-refractivity contribution in [3.8, 4) is 23.0 Å². The molecule has 3 N–H and O–H groups in total. The third-order valence-corrected chi connectivity index (χ3v) is 5.08. The molecule has 0 fully saturated rings. The van der Waals surface area contributed by atoms with Crippen molar-refractivity contribution in [2.75, 3.05) is 17.3 Å². The van der Waals surface area contributed by atoms with E-state index in [-0.39, 0.29) is 29.9 Å². The molecule has 0 spiro atoms. The lowest BCUT2D eigenvalue weighted by Crippen LogP contribution is -2.20. The number of nitrogen functional groups attached to an aromatic ring is 1. The number of carbonyl (C=O) groups is 1. The highest BCUT2D eigenvalue weighted by molar-refractivity contribution is 7.98. The van der Waals surface area contributed by atoms with Gasteiger partial charge in [-0.25, -0.2) is 4.68 Å². The first-order valence-corrected chi connectivity index (χ1v) is 10.3. The van der Waals surface area contributed by atoms with Gasteiger partial charge in [-0.05, 0) is 31.4 Å². The maximum absolute atomic E-state index is 12.4. The van der Waals surface area contributed by atoms with Crippen LogP contribution in [0, 0.1) is 6.92 Å². The first-order chi connectivity index (χ1) is 14.5. The molecule has 0 radical (unpaired) electrons. The highest BCUT2D eigenvalue weighted by Crippen LogP contribution is 2.25. The first-order valence-electron chi connectivity index (χ1n) is 9.07. The van der Waals surface area contributed by atoms with E-state index in [1.54, 1.807) is 11.8 Å². The average molecular weight is 421 g/mol. The summed E-state index contributed by atoms with van der Waals surface area (Å²) in [5.41, 5.74) is 9.00. The zero-order valence-corrected chi connectivity index (χ0v) is 17.2. The Kier molecular flexibility index (Phi) is 5.48. The Morgan fingerprint density at radius 2 is 2.03 bits per heavy atom. The molecule has 10 heteroatoms. The Bertz CT molecular complexity index is 1180. The van der Waals surface area contributed by atoms with Crippen LogP contribution in [0.25, 0.3) is 23.0 Å². The molecule has 2 heterocycles. The average Bonchev–Trinajstić information content (AvgIpc) is 3.36. The molecule has 0 saturated heterocycles. The lowest BCUT2D eigenvalue weighted by molar-refractivity contribution is -0.116. The second-order valence-corrected chi connectivity index (χ2v) is 7.43. The predicted octanol–water partition coefficient (Wildman–Crippen LogP) is 3.25. The van der Waals surface area contributed by atoms with E-state index in [2.05, 4.69) is 25.8 Å². The molecule has 0 atom stereocenters. The van der Waals surface area contributed by atoms with Crippen LogP contribution < -0.4 is 11.1 Å². The van der Waals surface area contributed by atoms with Crippen molar-refractivity contribution < 1.29 is 9.32 Å². The zero-order chi connectivity index (χ0) is 21.1. The van der Waals surface area contributed by atoms with Gasteiger partial charge in [-0.2, -0.15) is 4.98 Å². The molecule has 152 valence electrons. The number of carbonyl (C=O) groups excluding carboxylic acids is 1. The fourth-order valence-electron chi connectivity index (χ4n) is 2.77. The first kappa shape index (κ1) is 19.6. The normalized spacial score (nSPS) is 10.9. The molecule has 0 aliphatic rings. The largest absolute Gasteiger partial charge is 0.382 e. The summed E-state index contributed by atoms with van der Waals surface area (Å²) >= 11 is 1.60. The Balaban J connectivity index is 1.48. The minimum Gasteiger partial charge on any atom is -0.382 e. The van der Waals surface area contributed by atoms with Crippen LogP contribution in [-0.2, 0) is 11.3 Å². The van der Waals surface area contributed by atoms with Crippen molar-refractivity contribution in [1.29, 1.82) is 0 Å². The van der Waals surface area contributed by atoms with Gasteiger partial charge in [0.1, 0.15) is 6.54 Å². The number of thioether (sulfide) groups is 1. The Hall–Kier alpha value is -3.66. The molecular formula is C20H19N7O2S. The number of nitrogens with one attached hydrogen (secondary N) is 1. The Morgan fingerprint density at radius 3 is 2.80 bits per heavy atom. The summed E-state index contributed by atoms with van der Waals surface area (Å²) in [5, 5.41) is 14.8. The highest BCUT2D eigenvalue weighted by Gasteiger charge is 2.20. The van der Waals surface area contributed by atoms with Crippen LogP contribution in [0.15, 0.2) is 57.9 Å². The smallest absolute Gasteiger partial charge is 0.282 e. The summed E-state index contributed by atoms with van der Waals surface area (Å²) in [5.74, 6) is 0.456. The number of benzene rings is 2. The maximum atomic E-state index is 12.4. The van der Waals surface area contributed by atoms with Crippen molar-refractivity contribution in [3.05, 3.63) is 54.1 Å². The van der Waals surface area contributed by atoms with Gasteiger partial charge in [-0.1, -0.05) is 46.3 Å². The van der Waals surface area contributed by atoms with Gasteiger partial charge >= 0.3 is 0 Å². The van der Waals surface area contributed by atoms with Gasteiger partial charge in [0.05, 0.1) is 0 Å². The number of aromatic nitrogens is 5. The molecule has 2 aromatic heterocycles. The number of aryl methyl sites for hydroxylation is 1. The van der Waals surface area contributed by atoms with Crippen molar-refractivity contribution in [1.82, 2.24) is 25.1 Å². The van der Waals surface area contributed by atoms with Crippen molar-refractivity contribution in [2.24, 2.45) is 0 Å². The molecule has 0 saturated carbocycles. The second kappa shape index (κ2) is 8.37. The zero-order valence-electron chi connectivity index (χ0n) is 16.4. The molecular weight excluding hydrogens is 402 g/mol. The monoisotopic (exact) mass is 421 g/mol. The van der Waals surface area contributed by atoms with E-state index in [0.717, 1.165) is 16.0 Å². The van der Waals surface area contributed by atoms with Crippen LogP contribution in [0.3, 0.4) is 0 Å². The second-order valence-electron chi connectivity index (χ2n) is 6.55. The number of rotatable bonds is 6. The van der Waals surface area contributed by atoms with E-state index in [1.165, 1.54) is 4.68 Å². The number of hydrogen-bond acceptors (Lipinski definition) is 8. The summed E-state index contributed by atoms with van der Waals surface area (Å²) < 4.78 is 6.59. The van der Waals surface area contributed by atoms with E-state index in [0.29, 0.717) is 11.5 Å². The van der Waals surface area contributed by atoms with E-state index >= 15 is 0 Å². The summed E-state index contributed by atoms with van der Waals surface area (Å²) in [6, 6.07) is 15.3. The summed E-state index contributed by atoms with van der Waals surface area (Å²) in [7, 11) is 0. The fourth-order valence-corrected chi connectivity index (χ4v) is 3.23. The van der Waals surface area contributed by atoms with Gasteiger partial charge in [0.15, 0.2) is 11.5 Å². The Morgan fingerprint density at radius 1 is 1.23 bits per heavy atom. The Labute approximate surface area is 176 Å². The van der Waals surface area contributed by atoms with Crippen LogP contribution in [0.4, 0.5) is 11.5 Å².